The molecule has 0 saturated heterocycles. The van der Waals surface area contributed by atoms with E-state index >= 15 is 0 Å². The van der Waals surface area contributed by atoms with Crippen molar-refractivity contribution in [1.82, 2.24) is 0 Å². The van der Waals surface area contributed by atoms with Crippen LogP contribution in [0.4, 0.5) is 0 Å². The molecule has 0 saturated carbocycles. The van der Waals surface area contributed by atoms with Crippen LogP contribution >= 0.6 is 0 Å². The number of hydrogen-bond donors (Lipinski definition) is 0. The Hall–Kier alpha value is -1.34. The van der Waals surface area contributed by atoms with Crippen LogP contribution in [0.1, 0.15) is 89.2 Å². The van der Waals surface area contributed by atoms with E-state index in [-0.39, 0.29) is 5.41 Å². The molecule has 0 aromatic heterocycles. The summed E-state index contributed by atoms with van der Waals surface area (Å²) >= 11 is 0. The summed E-state index contributed by atoms with van der Waals surface area (Å²) in [6, 6.07) is 16.9. The van der Waals surface area contributed by atoms with Crippen LogP contribution in [0.2, 0.25) is 19.6 Å². The largest absolute Gasteiger partial charge is 0.0776 e. The molecule has 0 spiro atoms. The minimum Gasteiger partial charge on any atom is -0.0656 e. The molecule has 0 radical (unpaired) electrons. The Morgan fingerprint density at radius 2 is 1.24 bits per heavy atom. The summed E-state index contributed by atoms with van der Waals surface area (Å²) in [6.07, 6.45) is 13.5. The van der Waals surface area contributed by atoms with Crippen molar-refractivity contribution in [2.24, 2.45) is 0 Å². The number of fused-ring (bicyclic) bond motifs is 3. The summed E-state index contributed by atoms with van der Waals surface area (Å²) in [7, 11) is -1.33. The summed E-state index contributed by atoms with van der Waals surface area (Å²) < 4.78 is 0. The summed E-state index contributed by atoms with van der Waals surface area (Å²) in [5, 5.41) is 1.62. The Balaban J connectivity index is 2.06. The molecule has 0 N–H and O–H groups in total. The zero-order valence-electron chi connectivity index (χ0n) is 19.6. The third-order valence-corrected chi connectivity index (χ3v) is 9.09. The maximum absolute atomic E-state index is 2.64. The van der Waals surface area contributed by atoms with Crippen LogP contribution in [0.5, 0.6) is 0 Å². The van der Waals surface area contributed by atoms with E-state index in [2.05, 4.69) is 76.0 Å². The number of hydrogen-bond acceptors (Lipinski definition) is 0. The van der Waals surface area contributed by atoms with Crippen LogP contribution in [-0.4, -0.2) is 8.07 Å². The molecule has 1 aliphatic rings. The molecule has 0 bridgehead atoms. The summed E-state index contributed by atoms with van der Waals surface area (Å²) in [4.78, 5) is 0. The van der Waals surface area contributed by atoms with Gasteiger partial charge >= 0.3 is 0 Å². The lowest BCUT2D eigenvalue weighted by Crippen LogP contribution is -2.38. The smallest absolute Gasteiger partial charge is 0.0656 e. The number of rotatable bonds is 11. The first-order chi connectivity index (χ1) is 13.9. The van der Waals surface area contributed by atoms with Gasteiger partial charge in [0.05, 0.1) is 8.07 Å². The van der Waals surface area contributed by atoms with Gasteiger partial charge in [-0.15, -0.1) is 0 Å². The van der Waals surface area contributed by atoms with Crippen molar-refractivity contribution in [3.05, 3.63) is 53.6 Å². The lowest BCUT2D eigenvalue weighted by molar-refractivity contribution is 0.401. The highest BCUT2D eigenvalue weighted by molar-refractivity contribution is 6.88. The zero-order chi connectivity index (χ0) is 20.9. The fourth-order valence-corrected chi connectivity index (χ4v) is 6.45. The predicted octanol–water partition coefficient (Wildman–Crippen LogP) is 8.44. The molecule has 1 aliphatic carbocycles. The molecule has 3 rings (SSSR count). The monoisotopic (exact) mass is 406 g/mol. The van der Waals surface area contributed by atoms with Crippen LogP contribution < -0.4 is 5.19 Å². The van der Waals surface area contributed by atoms with E-state index in [4.69, 9.17) is 0 Å². The first kappa shape index (κ1) is 22.3. The van der Waals surface area contributed by atoms with Gasteiger partial charge in [0.1, 0.15) is 0 Å². The molecule has 2 aromatic rings. The third kappa shape index (κ3) is 4.71. The fraction of sp³-hybridized carbons (Fsp3) is 0.571. The molecule has 0 heterocycles. The highest BCUT2D eigenvalue weighted by Crippen LogP contribution is 2.53. The van der Waals surface area contributed by atoms with Crippen LogP contribution in [0, 0.1) is 0 Å². The molecule has 158 valence electrons. The molecule has 0 nitrogen and oxygen atoms in total. The second kappa shape index (κ2) is 9.64. The van der Waals surface area contributed by atoms with Crippen molar-refractivity contribution in [1.29, 1.82) is 0 Å². The van der Waals surface area contributed by atoms with Gasteiger partial charge in [-0.25, -0.2) is 0 Å². The second-order valence-electron chi connectivity index (χ2n) is 10.3. The minimum absolute atomic E-state index is 0.239. The van der Waals surface area contributed by atoms with Gasteiger partial charge < -0.3 is 0 Å². The van der Waals surface area contributed by atoms with Crippen LogP contribution in [0.15, 0.2) is 42.5 Å². The summed E-state index contributed by atoms with van der Waals surface area (Å²) in [5.41, 5.74) is 6.55. The van der Waals surface area contributed by atoms with Crippen molar-refractivity contribution in [2.75, 3.05) is 0 Å². The predicted molar refractivity (Wildman–Crippen MR) is 133 cm³/mol. The molecule has 0 fully saturated rings. The number of benzene rings is 2. The van der Waals surface area contributed by atoms with Gasteiger partial charge in [0.25, 0.3) is 0 Å². The molecule has 0 aliphatic heterocycles. The Kier molecular flexibility index (Phi) is 7.43. The maximum Gasteiger partial charge on any atom is 0.0776 e. The Labute approximate surface area is 181 Å². The molecule has 1 heteroatoms. The molecule has 2 aromatic carbocycles. The van der Waals surface area contributed by atoms with E-state index in [1.54, 1.807) is 16.3 Å². The van der Waals surface area contributed by atoms with Crippen LogP contribution in [0.25, 0.3) is 11.1 Å². The van der Waals surface area contributed by atoms with Crippen molar-refractivity contribution in [3.63, 3.8) is 0 Å². The van der Waals surface area contributed by atoms with Crippen LogP contribution in [0.3, 0.4) is 0 Å². The van der Waals surface area contributed by atoms with Crippen molar-refractivity contribution in [3.8, 4) is 11.1 Å². The fourth-order valence-electron chi connectivity index (χ4n) is 5.29. The highest BCUT2D eigenvalue weighted by Gasteiger charge is 2.42. The van der Waals surface area contributed by atoms with Gasteiger partial charge in [-0.1, -0.05) is 133 Å². The Bertz CT molecular complexity index is 784. The zero-order valence-corrected chi connectivity index (χ0v) is 20.6. The highest BCUT2D eigenvalue weighted by atomic mass is 28.3. The Morgan fingerprint density at radius 1 is 0.655 bits per heavy atom. The van der Waals surface area contributed by atoms with Gasteiger partial charge in [-0.2, -0.15) is 0 Å². The van der Waals surface area contributed by atoms with E-state index in [1.807, 2.05) is 0 Å². The average Bonchev–Trinajstić information content (AvgIpc) is 2.98. The van der Waals surface area contributed by atoms with Gasteiger partial charge in [0.2, 0.25) is 0 Å². The molecule has 0 unspecified atom stereocenters. The second-order valence-corrected chi connectivity index (χ2v) is 15.3. The normalized spacial score (nSPS) is 14.7. The SMILES string of the molecule is CCCCCCC1(CCCCCC)c2ccccc2-c2ccc([Si](C)(C)C)cc21. The first-order valence-electron chi connectivity index (χ1n) is 12.2. The van der Waals surface area contributed by atoms with E-state index in [1.165, 1.54) is 75.3 Å². The molecular weight excluding hydrogens is 364 g/mol. The van der Waals surface area contributed by atoms with E-state index in [9.17, 15) is 0 Å². The quantitative estimate of drug-likeness (QED) is 0.259. The van der Waals surface area contributed by atoms with Gasteiger partial charge in [0, 0.05) is 5.41 Å². The molecule has 0 atom stereocenters. The first-order valence-corrected chi connectivity index (χ1v) is 15.7. The summed E-state index contributed by atoms with van der Waals surface area (Å²) in [6.45, 7) is 12.1. The number of unbranched alkanes of at least 4 members (excludes halogenated alkanes) is 6. The average molecular weight is 407 g/mol. The lowest BCUT2D eigenvalue weighted by atomic mass is 9.70. The van der Waals surface area contributed by atoms with E-state index in [0.29, 0.717) is 0 Å². The maximum atomic E-state index is 2.64. The molecular formula is C28H42Si. The molecule has 29 heavy (non-hydrogen) atoms. The topological polar surface area (TPSA) is 0 Å². The minimum atomic E-state index is -1.33. The molecule has 0 amide bonds. The van der Waals surface area contributed by atoms with Gasteiger partial charge in [-0.05, 0) is 35.1 Å². The van der Waals surface area contributed by atoms with Gasteiger partial charge in [0.15, 0.2) is 0 Å². The van der Waals surface area contributed by atoms with Gasteiger partial charge in [-0.3, -0.25) is 0 Å². The van der Waals surface area contributed by atoms with E-state index < -0.39 is 8.07 Å². The van der Waals surface area contributed by atoms with Crippen molar-refractivity contribution < 1.29 is 0 Å². The van der Waals surface area contributed by atoms with Crippen molar-refractivity contribution >= 4 is 13.3 Å². The Morgan fingerprint density at radius 3 is 1.83 bits per heavy atom. The summed E-state index contributed by atoms with van der Waals surface area (Å²) in [5.74, 6) is 0. The van der Waals surface area contributed by atoms with Crippen LogP contribution in [-0.2, 0) is 5.41 Å². The van der Waals surface area contributed by atoms with E-state index in [0.717, 1.165) is 0 Å². The lowest BCUT2D eigenvalue weighted by Gasteiger charge is -2.34. The van der Waals surface area contributed by atoms with Crippen molar-refractivity contribution in [2.45, 2.75) is 103 Å². The third-order valence-electron chi connectivity index (χ3n) is 7.05. The standard InChI is InChI=1S/C28H42Si/c1-6-8-10-14-20-28(21-15-11-9-7-2)26-17-13-12-16-24(26)25-19-18-23(22-27(25)28)29(3,4)5/h12-13,16-19,22H,6-11,14-15,20-21H2,1-5H3.